The van der Waals surface area contributed by atoms with Crippen LogP contribution in [-0.4, -0.2) is 58.3 Å². The molecule has 24 heavy (non-hydrogen) atoms. The number of amides is 1. The summed E-state index contributed by atoms with van der Waals surface area (Å²) in [6, 6.07) is 0.329. The van der Waals surface area contributed by atoms with Crippen LogP contribution in [-0.2, 0) is 9.59 Å². The third-order valence-corrected chi connectivity index (χ3v) is 5.87. The van der Waals surface area contributed by atoms with E-state index in [1.54, 1.807) is 0 Å². The number of carbonyl (C=O) groups excluding carboxylic acids is 1. The Labute approximate surface area is 143 Å². The molecule has 1 unspecified atom stereocenters. The first-order chi connectivity index (χ1) is 11.5. The van der Waals surface area contributed by atoms with Crippen molar-refractivity contribution in [1.82, 2.24) is 10.2 Å². The van der Waals surface area contributed by atoms with Crippen molar-refractivity contribution in [2.75, 3.05) is 13.1 Å². The van der Waals surface area contributed by atoms with Gasteiger partial charge in [-0.2, -0.15) is 0 Å². The molecule has 1 atom stereocenters. The third kappa shape index (κ3) is 4.70. The molecule has 1 amide bonds. The molecule has 0 aromatic rings. The van der Waals surface area contributed by atoms with Gasteiger partial charge in [0, 0.05) is 18.6 Å². The van der Waals surface area contributed by atoms with Gasteiger partial charge in [-0.15, -0.1) is 0 Å². The standard InChI is InChI=1S/C18H30N2O4/c21-16(22)11-20(10-12-6-7-12)15-8-14(9-15)19-18(24)17(23)13-4-2-1-3-5-13/h12-15,17,23H,1-11H2,(H,19,24)(H,21,22). The molecule has 3 N–H and O–H groups in total. The van der Waals surface area contributed by atoms with Crippen molar-refractivity contribution in [3.63, 3.8) is 0 Å². The fraction of sp³-hybridized carbons (Fsp3) is 0.889. The molecule has 0 heterocycles. The molecule has 3 rings (SSSR count). The summed E-state index contributed by atoms with van der Waals surface area (Å²) < 4.78 is 0. The van der Waals surface area contributed by atoms with Crippen LogP contribution < -0.4 is 5.32 Å². The lowest BCUT2D eigenvalue weighted by molar-refractivity contribution is -0.140. The Morgan fingerprint density at radius 1 is 1.08 bits per heavy atom. The first-order valence-electron chi connectivity index (χ1n) is 9.47. The van der Waals surface area contributed by atoms with Crippen LogP contribution in [0.4, 0.5) is 0 Å². The fourth-order valence-electron chi connectivity index (χ4n) is 4.10. The van der Waals surface area contributed by atoms with Crippen LogP contribution >= 0.6 is 0 Å². The number of aliphatic hydroxyl groups excluding tert-OH is 1. The Morgan fingerprint density at radius 3 is 2.33 bits per heavy atom. The summed E-state index contributed by atoms with van der Waals surface area (Å²) in [6.45, 7) is 0.953. The minimum atomic E-state index is -0.883. The minimum absolute atomic E-state index is 0.0799. The predicted molar refractivity (Wildman–Crippen MR) is 89.5 cm³/mol. The zero-order chi connectivity index (χ0) is 17.1. The predicted octanol–water partition coefficient (Wildman–Crippen LogP) is 1.37. The van der Waals surface area contributed by atoms with Crippen molar-refractivity contribution >= 4 is 11.9 Å². The van der Waals surface area contributed by atoms with Gasteiger partial charge in [0.2, 0.25) is 5.91 Å². The van der Waals surface area contributed by atoms with E-state index in [0.29, 0.717) is 5.92 Å². The number of carbonyl (C=O) groups is 2. The molecule has 3 aliphatic carbocycles. The lowest BCUT2D eigenvalue weighted by atomic mass is 9.83. The fourth-order valence-corrected chi connectivity index (χ4v) is 4.10. The van der Waals surface area contributed by atoms with Crippen molar-refractivity contribution in [2.24, 2.45) is 11.8 Å². The summed E-state index contributed by atoms with van der Waals surface area (Å²) in [5.41, 5.74) is 0. The lowest BCUT2D eigenvalue weighted by Crippen LogP contribution is -2.57. The highest BCUT2D eigenvalue weighted by molar-refractivity contribution is 5.81. The molecule has 3 fully saturated rings. The van der Waals surface area contributed by atoms with Crippen molar-refractivity contribution in [2.45, 2.75) is 76.0 Å². The Hall–Kier alpha value is -1.14. The summed E-state index contributed by atoms with van der Waals surface area (Å²) in [7, 11) is 0. The molecule has 6 heteroatoms. The molecule has 0 saturated heterocycles. The smallest absolute Gasteiger partial charge is 0.317 e. The number of aliphatic carboxylic acids is 1. The van der Waals surface area contributed by atoms with Crippen LogP contribution in [0.3, 0.4) is 0 Å². The Morgan fingerprint density at radius 2 is 1.75 bits per heavy atom. The van der Waals surface area contributed by atoms with E-state index in [4.69, 9.17) is 5.11 Å². The minimum Gasteiger partial charge on any atom is -0.480 e. The summed E-state index contributed by atoms with van der Waals surface area (Å²) in [6.07, 6.45) is 8.41. The van der Waals surface area contributed by atoms with Gasteiger partial charge < -0.3 is 15.5 Å². The van der Waals surface area contributed by atoms with Gasteiger partial charge in [-0.25, -0.2) is 0 Å². The Balaban J connectivity index is 1.41. The second-order valence-corrected chi connectivity index (χ2v) is 7.94. The zero-order valence-corrected chi connectivity index (χ0v) is 14.3. The molecule has 136 valence electrons. The van der Waals surface area contributed by atoms with Crippen molar-refractivity contribution in [3.05, 3.63) is 0 Å². The van der Waals surface area contributed by atoms with Gasteiger partial charge in [-0.1, -0.05) is 19.3 Å². The van der Waals surface area contributed by atoms with Crippen molar-refractivity contribution in [1.29, 1.82) is 0 Å². The van der Waals surface area contributed by atoms with Crippen LogP contribution in [0, 0.1) is 11.8 Å². The van der Waals surface area contributed by atoms with E-state index >= 15 is 0 Å². The van der Waals surface area contributed by atoms with Gasteiger partial charge in [0.05, 0.1) is 6.54 Å². The van der Waals surface area contributed by atoms with E-state index in [1.165, 1.54) is 19.3 Å². The van der Waals surface area contributed by atoms with Gasteiger partial charge >= 0.3 is 5.97 Å². The number of nitrogens with one attached hydrogen (secondary N) is 1. The van der Waals surface area contributed by atoms with E-state index in [9.17, 15) is 14.7 Å². The maximum Gasteiger partial charge on any atom is 0.317 e. The topological polar surface area (TPSA) is 89.9 Å². The average Bonchev–Trinajstić information content (AvgIpc) is 3.33. The van der Waals surface area contributed by atoms with Crippen LogP contribution in [0.15, 0.2) is 0 Å². The number of aliphatic hydroxyl groups is 1. The monoisotopic (exact) mass is 338 g/mol. The molecule has 3 saturated carbocycles. The summed E-state index contributed by atoms with van der Waals surface area (Å²) in [4.78, 5) is 25.3. The van der Waals surface area contributed by atoms with Gasteiger partial charge in [-0.05, 0) is 50.4 Å². The highest BCUT2D eigenvalue weighted by Crippen LogP contribution is 2.34. The van der Waals surface area contributed by atoms with Crippen LogP contribution in [0.5, 0.6) is 0 Å². The molecule has 0 aliphatic heterocycles. The van der Waals surface area contributed by atoms with Crippen molar-refractivity contribution < 1.29 is 19.8 Å². The second kappa shape index (κ2) is 7.83. The SMILES string of the molecule is O=C(O)CN(CC1CC1)C1CC(NC(=O)C(O)C2CCCCC2)C1. The average molecular weight is 338 g/mol. The number of rotatable bonds is 8. The molecule has 0 spiro atoms. The second-order valence-electron chi connectivity index (χ2n) is 7.94. The maximum atomic E-state index is 12.2. The molecule has 0 aromatic heterocycles. The lowest BCUT2D eigenvalue weighted by Gasteiger charge is -2.43. The first-order valence-corrected chi connectivity index (χ1v) is 9.47. The van der Waals surface area contributed by atoms with E-state index in [1.807, 2.05) is 0 Å². The quantitative estimate of drug-likeness (QED) is 0.622. The highest BCUT2D eigenvalue weighted by Gasteiger charge is 2.39. The zero-order valence-electron chi connectivity index (χ0n) is 14.3. The number of carboxylic acids is 1. The maximum absolute atomic E-state index is 12.2. The molecule has 3 aliphatic rings. The highest BCUT2D eigenvalue weighted by atomic mass is 16.4. The Kier molecular flexibility index (Phi) is 5.76. The van der Waals surface area contributed by atoms with Gasteiger partial charge in [0.1, 0.15) is 6.10 Å². The van der Waals surface area contributed by atoms with Crippen LogP contribution in [0.2, 0.25) is 0 Å². The van der Waals surface area contributed by atoms with Crippen LogP contribution in [0.1, 0.15) is 57.8 Å². The molecular weight excluding hydrogens is 308 g/mol. The number of hydrogen-bond acceptors (Lipinski definition) is 4. The number of hydrogen-bond donors (Lipinski definition) is 3. The summed E-state index contributed by atoms with van der Waals surface area (Å²) in [5.74, 6) is -0.257. The molecule has 0 bridgehead atoms. The number of carboxylic acid groups (broad SMARTS) is 1. The molecule has 0 aromatic carbocycles. The van der Waals surface area contributed by atoms with E-state index < -0.39 is 12.1 Å². The van der Waals surface area contributed by atoms with E-state index in [2.05, 4.69) is 10.2 Å². The molecular formula is C18H30N2O4. The van der Waals surface area contributed by atoms with E-state index in [0.717, 1.165) is 45.1 Å². The van der Waals surface area contributed by atoms with Crippen LogP contribution in [0.25, 0.3) is 0 Å². The number of nitrogens with zero attached hydrogens (tertiary/aromatic N) is 1. The van der Waals surface area contributed by atoms with Gasteiger partial charge in [0.25, 0.3) is 0 Å². The largest absolute Gasteiger partial charge is 0.480 e. The van der Waals surface area contributed by atoms with Crippen molar-refractivity contribution in [3.8, 4) is 0 Å². The molecule has 6 nitrogen and oxygen atoms in total. The summed E-state index contributed by atoms with van der Waals surface area (Å²) >= 11 is 0. The van der Waals surface area contributed by atoms with E-state index in [-0.39, 0.29) is 30.5 Å². The Bertz CT molecular complexity index is 454. The first kappa shape index (κ1) is 17.7. The van der Waals surface area contributed by atoms with Gasteiger partial charge in [-0.3, -0.25) is 14.5 Å². The summed E-state index contributed by atoms with van der Waals surface area (Å²) in [5, 5.41) is 22.3. The van der Waals surface area contributed by atoms with Gasteiger partial charge in [0.15, 0.2) is 0 Å². The third-order valence-electron chi connectivity index (χ3n) is 5.87. The molecule has 0 radical (unpaired) electrons. The normalized spacial score (nSPS) is 29.1.